The number of hydrogen-bond donors (Lipinski definition) is 4. The minimum Gasteiger partial charge on any atom is -0.453 e. The van der Waals surface area contributed by atoms with Crippen molar-refractivity contribution < 1.29 is 28.7 Å². The van der Waals surface area contributed by atoms with E-state index in [1.54, 1.807) is 4.90 Å². The maximum Gasteiger partial charge on any atom is 0.407 e. The Bertz CT molecular complexity index is 2830. The molecular weight excluding hydrogens is 873 g/mol. The van der Waals surface area contributed by atoms with E-state index in [0.717, 1.165) is 53.0 Å². The number of nitrogens with zero attached hydrogens (tertiary/aromatic N) is 4. The molecule has 3 fully saturated rings. The van der Waals surface area contributed by atoms with E-state index in [4.69, 9.17) is 19.4 Å². The lowest BCUT2D eigenvalue weighted by molar-refractivity contribution is -0.136. The Morgan fingerprint density at radius 2 is 1.20 bits per heavy atom. The molecule has 9 rings (SSSR count). The Labute approximate surface area is 403 Å². The highest BCUT2D eigenvalue weighted by Gasteiger charge is 2.43. The minimum atomic E-state index is -0.783. The second kappa shape index (κ2) is 19.1. The van der Waals surface area contributed by atoms with Gasteiger partial charge in [-0.3, -0.25) is 14.4 Å². The number of hydrogen-bond acceptors (Lipinski definition) is 9. The number of imidazole rings is 1. The molecule has 4 aliphatic rings. The quantitative estimate of drug-likeness (QED) is 0.100. The monoisotopic (exact) mass is 939 g/mol. The van der Waals surface area contributed by atoms with E-state index in [2.05, 4.69) is 76.9 Å². The van der Waals surface area contributed by atoms with Crippen LogP contribution in [0.2, 0.25) is 0 Å². The minimum absolute atomic E-state index is 0.125. The Morgan fingerprint density at radius 3 is 1.74 bits per heavy atom. The molecule has 0 radical (unpaired) electrons. The lowest BCUT2D eigenvalue weighted by Gasteiger charge is -2.30. The fourth-order valence-electron chi connectivity index (χ4n) is 11.7. The van der Waals surface area contributed by atoms with Gasteiger partial charge in [-0.25, -0.2) is 19.6 Å². The number of ether oxygens (including phenoxy) is 2. The topological polar surface area (TPSA) is 192 Å². The van der Waals surface area contributed by atoms with Crippen LogP contribution < -0.4 is 16.2 Å². The van der Waals surface area contributed by atoms with Crippen LogP contribution in [0.15, 0.2) is 65.6 Å². The molecule has 0 unspecified atom stereocenters. The number of benzene rings is 3. The van der Waals surface area contributed by atoms with Crippen molar-refractivity contribution in [2.75, 3.05) is 27.3 Å². The van der Waals surface area contributed by atoms with E-state index >= 15 is 0 Å². The number of nitrogens with one attached hydrogen (secondary N) is 4. The molecule has 4 N–H and O–H groups in total. The zero-order valence-electron chi connectivity index (χ0n) is 41.1. The molecular formula is C54H66N8O7. The first-order valence-corrected chi connectivity index (χ1v) is 24.7. The molecule has 3 aromatic carbocycles. The number of carbonyl (C=O) groups excluding carboxylic acids is 4. The fraction of sp³-hybridized carbons (Fsp3) is 0.500. The summed E-state index contributed by atoms with van der Waals surface area (Å²) < 4.78 is 9.63. The number of aromatic amines is 2. The molecule has 69 heavy (non-hydrogen) atoms. The molecule has 15 heteroatoms. The number of likely N-dealkylation sites (tertiary alicyclic amines) is 2. The van der Waals surface area contributed by atoms with Crippen LogP contribution in [0.1, 0.15) is 115 Å². The van der Waals surface area contributed by atoms with Gasteiger partial charge < -0.3 is 39.9 Å². The van der Waals surface area contributed by atoms with Crippen LogP contribution in [-0.2, 0) is 31.9 Å². The van der Waals surface area contributed by atoms with Gasteiger partial charge in [-0.2, -0.15) is 0 Å². The maximum atomic E-state index is 14.0. The molecule has 2 aromatic heterocycles. The van der Waals surface area contributed by atoms with Crippen molar-refractivity contribution in [2.24, 2.45) is 29.1 Å². The molecule has 0 bridgehead atoms. The van der Waals surface area contributed by atoms with Gasteiger partial charge in [0.2, 0.25) is 11.8 Å². The molecule has 4 heterocycles. The molecule has 6 atom stereocenters. The number of aromatic nitrogens is 4. The number of methoxy groups -OCH3 is 2. The van der Waals surface area contributed by atoms with Gasteiger partial charge in [0.1, 0.15) is 23.7 Å². The zero-order chi connectivity index (χ0) is 48.9. The summed E-state index contributed by atoms with van der Waals surface area (Å²) in [6.45, 7) is 12.8. The molecule has 15 nitrogen and oxygen atoms in total. The van der Waals surface area contributed by atoms with Crippen LogP contribution in [0.3, 0.4) is 0 Å². The maximum absolute atomic E-state index is 14.0. The molecule has 4 amide bonds. The van der Waals surface area contributed by atoms with Crippen molar-refractivity contribution >= 4 is 34.9 Å². The smallest absolute Gasteiger partial charge is 0.407 e. The van der Waals surface area contributed by atoms with Crippen LogP contribution in [0.25, 0.3) is 44.4 Å². The van der Waals surface area contributed by atoms with E-state index in [1.165, 1.54) is 56.6 Å². The highest BCUT2D eigenvalue weighted by molar-refractivity contribution is 5.89. The van der Waals surface area contributed by atoms with E-state index in [0.29, 0.717) is 36.2 Å². The van der Waals surface area contributed by atoms with Gasteiger partial charge in [0.15, 0.2) is 0 Å². The number of carbonyl (C=O) groups is 4. The lowest BCUT2D eigenvalue weighted by Crippen LogP contribution is -2.51. The van der Waals surface area contributed by atoms with Crippen molar-refractivity contribution in [3.8, 4) is 33.5 Å². The van der Waals surface area contributed by atoms with Crippen LogP contribution in [0, 0.1) is 29.1 Å². The average molecular weight is 939 g/mol. The Kier molecular flexibility index (Phi) is 13.2. The van der Waals surface area contributed by atoms with Gasteiger partial charge in [-0.05, 0) is 119 Å². The summed E-state index contributed by atoms with van der Waals surface area (Å²) >= 11 is 0. The van der Waals surface area contributed by atoms with Gasteiger partial charge >= 0.3 is 12.2 Å². The second-order valence-corrected chi connectivity index (χ2v) is 21.0. The summed E-state index contributed by atoms with van der Waals surface area (Å²) in [5.74, 6) is 0.931. The van der Waals surface area contributed by atoms with Crippen LogP contribution in [0.4, 0.5) is 9.59 Å². The van der Waals surface area contributed by atoms with Crippen LogP contribution >= 0.6 is 0 Å². The zero-order valence-corrected chi connectivity index (χ0v) is 41.1. The summed E-state index contributed by atoms with van der Waals surface area (Å²) in [6, 6.07) is 16.8. The third-order valence-corrected chi connectivity index (χ3v) is 15.3. The van der Waals surface area contributed by atoms with Gasteiger partial charge in [0.25, 0.3) is 5.56 Å². The van der Waals surface area contributed by atoms with Gasteiger partial charge in [-0.1, -0.05) is 96.8 Å². The van der Waals surface area contributed by atoms with Crippen LogP contribution in [0.5, 0.6) is 0 Å². The molecule has 364 valence electrons. The number of alkyl carbamates (subject to hydrolysis) is 2. The normalized spacial score (nSPS) is 21.5. The molecule has 1 spiro atoms. The summed E-state index contributed by atoms with van der Waals surface area (Å²) in [7, 11) is 2.57. The SMILES string of the molecule is COC(=O)N[C@H](C(=O)N1C[C@@H](C)C[C@H]1c1ncc(-c2ccc(-c3ccc(-c4ccc5nc([C@H]6C[C@@H](C)CN6C(=O)[C@H](NC(=O)OC)C(C)C)[nH]c(=O)c5c4)c4c3CC3(CCCC3)C4)cc2)[nH]1)C(C)C. The average Bonchev–Trinajstić information content (AvgIpc) is 4.20. The van der Waals surface area contributed by atoms with Crippen molar-refractivity contribution in [3.63, 3.8) is 0 Å². The molecule has 2 saturated heterocycles. The van der Waals surface area contributed by atoms with Gasteiger partial charge in [0, 0.05) is 13.1 Å². The van der Waals surface area contributed by atoms with Crippen molar-refractivity contribution in [1.82, 2.24) is 40.4 Å². The first-order valence-electron chi connectivity index (χ1n) is 24.7. The van der Waals surface area contributed by atoms with E-state index in [-0.39, 0.29) is 52.5 Å². The van der Waals surface area contributed by atoms with Gasteiger partial charge in [0.05, 0.1) is 49.1 Å². The number of H-pyrrole nitrogens is 2. The first-order chi connectivity index (χ1) is 33.1. The number of rotatable bonds is 11. The Morgan fingerprint density at radius 1 is 0.696 bits per heavy atom. The standard InChI is InChI=1S/C54H66N8O7/c1-29(2)45(58-52(66)68-7)50(64)61-27-31(5)21-43(61)47-55-26-42(57-47)34-13-11-33(12-14-34)36-16-17-37(40-25-54(24-39(36)40)19-9-10-20-54)35-15-18-41-38(23-35)49(63)60-48(56-41)44-22-32(6)28-62(44)51(65)46(30(3)4)59-53(67)69-8/h11-18,23,26,29-32,43-46H,9-10,19-22,24-25,27-28H2,1-8H3,(H,55,57)(H,58,66)(H,59,67)(H,56,60,63)/t31-,32+,43-,44+,45-,46+/m0/s1. The highest BCUT2D eigenvalue weighted by Crippen LogP contribution is 2.53. The van der Waals surface area contributed by atoms with Crippen LogP contribution in [-0.4, -0.2) is 93.1 Å². The fourth-order valence-corrected chi connectivity index (χ4v) is 11.7. The second-order valence-electron chi connectivity index (χ2n) is 21.0. The summed E-state index contributed by atoms with van der Waals surface area (Å²) in [6.07, 6.45) is 8.81. The van der Waals surface area contributed by atoms with Gasteiger partial charge in [-0.15, -0.1) is 0 Å². The summed E-state index contributed by atoms with van der Waals surface area (Å²) in [5, 5.41) is 5.93. The highest BCUT2D eigenvalue weighted by atomic mass is 16.5. The molecule has 2 aliphatic carbocycles. The molecule has 5 aromatic rings. The largest absolute Gasteiger partial charge is 0.453 e. The van der Waals surface area contributed by atoms with Crippen molar-refractivity contribution in [1.29, 1.82) is 0 Å². The summed E-state index contributed by atoms with van der Waals surface area (Å²) in [4.78, 5) is 86.1. The number of amides is 4. The first kappa shape index (κ1) is 47.6. The van der Waals surface area contributed by atoms with E-state index in [1.807, 2.05) is 50.9 Å². The predicted molar refractivity (Wildman–Crippen MR) is 264 cm³/mol. The Balaban J connectivity index is 0.981. The molecule has 1 saturated carbocycles. The predicted octanol–water partition coefficient (Wildman–Crippen LogP) is 8.89. The summed E-state index contributed by atoms with van der Waals surface area (Å²) in [5.41, 5.74) is 9.59. The van der Waals surface area contributed by atoms with E-state index in [9.17, 15) is 24.0 Å². The Hall–Kier alpha value is -6.51. The number of fused-ring (bicyclic) bond motifs is 2. The lowest BCUT2D eigenvalue weighted by atomic mass is 9.82. The van der Waals surface area contributed by atoms with E-state index < -0.39 is 30.3 Å². The van der Waals surface area contributed by atoms with Crippen molar-refractivity contribution in [3.05, 3.63) is 93.9 Å². The van der Waals surface area contributed by atoms with Crippen molar-refractivity contribution in [2.45, 2.75) is 117 Å². The molecule has 2 aliphatic heterocycles. The third kappa shape index (κ3) is 9.24. The third-order valence-electron chi connectivity index (χ3n) is 15.3.